The minimum atomic E-state index is -0.00943. The number of hydrogen-bond acceptors (Lipinski definition) is 3. The molecule has 5 nitrogen and oxygen atoms in total. The SMILES string of the molecule is CN=C(NCCCCC1CCCC1)NCc1ncc(C(C)(C)C)o1.I. The zero-order chi connectivity index (χ0) is 17.4. The molecule has 25 heavy (non-hydrogen) atoms. The number of unbranched alkanes of at least 4 members (excludes halogenated alkanes) is 1. The van der Waals surface area contributed by atoms with Crippen molar-refractivity contribution in [2.24, 2.45) is 10.9 Å². The summed E-state index contributed by atoms with van der Waals surface area (Å²) in [5.74, 6) is 3.41. The smallest absolute Gasteiger partial charge is 0.213 e. The van der Waals surface area contributed by atoms with Gasteiger partial charge in [0.2, 0.25) is 5.89 Å². The lowest BCUT2D eigenvalue weighted by molar-refractivity contribution is 0.379. The van der Waals surface area contributed by atoms with Gasteiger partial charge in [0.25, 0.3) is 0 Å². The first-order valence-electron chi connectivity index (χ1n) is 9.38. The molecule has 0 aromatic carbocycles. The van der Waals surface area contributed by atoms with Crippen LogP contribution in [0.1, 0.15) is 77.4 Å². The molecule has 144 valence electrons. The third kappa shape index (κ3) is 7.96. The van der Waals surface area contributed by atoms with E-state index >= 15 is 0 Å². The highest BCUT2D eigenvalue weighted by Gasteiger charge is 2.19. The maximum Gasteiger partial charge on any atom is 0.213 e. The second-order valence-electron chi connectivity index (χ2n) is 7.87. The van der Waals surface area contributed by atoms with Crippen LogP contribution in [-0.4, -0.2) is 24.5 Å². The van der Waals surface area contributed by atoms with E-state index in [1.54, 1.807) is 7.05 Å². The minimum Gasteiger partial charge on any atom is -0.443 e. The number of aliphatic imine (C=N–C) groups is 1. The van der Waals surface area contributed by atoms with Crippen LogP contribution in [0.2, 0.25) is 0 Å². The highest BCUT2D eigenvalue weighted by atomic mass is 127. The summed E-state index contributed by atoms with van der Waals surface area (Å²) in [4.78, 5) is 8.59. The molecule has 1 aromatic rings. The molecule has 0 bridgehead atoms. The summed E-state index contributed by atoms with van der Waals surface area (Å²) < 4.78 is 5.79. The molecule has 6 heteroatoms. The number of guanidine groups is 1. The maximum absolute atomic E-state index is 5.79. The van der Waals surface area contributed by atoms with Crippen molar-refractivity contribution in [2.45, 2.75) is 77.7 Å². The van der Waals surface area contributed by atoms with Gasteiger partial charge in [-0.1, -0.05) is 59.3 Å². The minimum absolute atomic E-state index is 0. The van der Waals surface area contributed by atoms with Crippen molar-refractivity contribution in [1.82, 2.24) is 15.6 Å². The van der Waals surface area contributed by atoms with Crippen LogP contribution in [0.5, 0.6) is 0 Å². The standard InChI is InChI=1S/C19H34N4O.HI/c1-19(2,3)16-13-22-17(24-16)14-23-18(20-4)21-12-8-7-11-15-9-5-6-10-15;/h13,15H,5-12,14H2,1-4H3,(H2,20,21,23);1H. The number of halogens is 1. The van der Waals surface area contributed by atoms with Crippen LogP contribution >= 0.6 is 24.0 Å². The van der Waals surface area contributed by atoms with Gasteiger partial charge in [0.15, 0.2) is 5.96 Å². The lowest BCUT2D eigenvalue weighted by Gasteiger charge is -2.13. The Morgan fingerprint density at radius 2 is 1.96 bits per heavy atom. The first-order valence-corrected chi connectivity index (χ1v) is 9.38. The molecule has 0 saturated heterocycles. The average molecular weight is 462 g/mol. The fourth-order valence-corrected chi connectivity index (χ4v) is 3.18. The van der Waals surface area contributed by atoms with E-state index < -0.39 is 0 Å². The van der Waals surface area contributed by atoms with Gasteiger partial charge in [0, 0.05) is 19.0 Å². The Morgan fingerprint density at radius 3 is 2.56 bits per heavy atom. The molecule has 0 aliphatic heterocycles. The number of nitrogens with one attached hydrogen (secondary N) is 2. The van der Waals surface area contributed by atoms with Gasteiger partial charge in [-0.2, -0.15) is 0 Å². The number of rotatable bonds is 7. The van der Waals surface area contributed by atoms with Crippen molar-refractivity contribution in [3.8, 4) is 0 Å². The summed E-state index contributed by atoms with van der Waals surface area (Å²) in [5.41, 5.74) is -0.00943. The zero-order valence-corrected chi connectivity index (χ0v) is 18.6. The summed E-state index contributed by atoms with van der Waals surface area (Å²) in [5, 5.41) is 6.64. The number of hydrogen-bond donors (Lipinski definition) is 2. The molecule has 2 N–H and O–H groups in total. The van der Waals surface area contributed by atoms with E-state index in [0.29, 0.717) is 12.4 Å². The maximum atomic E-state index is 5.79. The van der Waals surface area contributed by atoms with E-state index in [2.05, 4.69) is 41.4 Å². The Morgan fingerprint density at radius 1 is 1.24 bits per heavy atom. The molecule has 2 rings (SSSR count). The molecule has 0 unspecified atom stereocenters. The van der Waals surface area contributed by atoms with Crippen LogP contribution in [0.15, 0.2) is 15.6 Å². The average Bonchev–Trinajstić information content (AvgIpc) is 3.20. The lowest BCUT2D eigenvalue weighted by atomic mass is 9.94. The van der Waals surface area contributed by atoms with E-state index in [9.17, 15) is 0 Å². The number of oxazole rings is 1. The molecule has 1 aromatic heterocycles. The van der Waals surface area contributed by atoms with Crippen LogP contribution in [0.25, 0.3) is 0 Å². The Bertz CT molecular complexity index is 516. The van der Waals surface area contributed by atoms with Crippen LogP contribution in [0.3, 0.4) is 0 Å². The molecule has 0 radical (unpaired) electrons. The largest absolute Gasteiger partial charge is 0.443 e. The van der Waals surface area contributed by atoms with Crippen molar-refractivity contribution >= 4 is 29.9 Å². The molecule has 1 saturated carbocycles. The Hall–Kier alpha value is -0.790. The Balaban J connectivity index is 0.00000312. The third-order valence-corrected chi connectivity index (χ3v) is 4.73. The topological polar surface area (TPSA) is 62.5 Å². The van der Waals surface area contributed by atoms with E-state index in [0.717, 1.165) is 24.2 Å². The van der Waals surface area contributed by atoms with Gasteiger partial charge in [-0.3, -0.25) is 4.99 Å². The van der Waals surface area contributed by atoms with Crippen LogP contribution in [0.4, 0.5) is 0 Å². The number of nitrogens with zero attached hydrogens (tertiary/aromatic N) is 2. The van der Waals surface area contributed by atoms with Crippen molar-refractivity contribution in [3.05, 3.63) is 17.8 Å². The second kappa shape index (κ2) is 11.0. The quantitative estimate of drug-likeness (QED) is 0.269. The van der Waals surface area contributed by atoms with E-state index in [1.807, 2.05) is 6.20 Å². The second-order valence-corrected chi connectivity index (χ2v) is 7.87. The monoisotopic (exact) mass is 462 g/mol. The van der Waals surface area contributed by atoms with Gasteiger partial charge in [-0.15, -0.1) is 24.0 Å². The first-order chi connectivity index (χ1) is 11.5. The van der Waals surface area contributed by atoms with Crippen LogP contribution in [-0.2, 0) is 12.0 Å². The first kappa shape index (κ1) is 22.3. The lowest BCUT2D eigenvalue weighted by Crippen LogP contribution is -2.37. The molecule has 0 amide bonds. The molecular formula is C19H35IN4O. The molecule has 1 fully saturated rings. The molecule has 1 aliphatic rings. The fraction of sp³-hybridized carbons (Fsp3) is 0.789. The van der Waals surface area contributed by atoms with Gasteiger partial charge in [0.05, 0.1) is 12.7 Å². The van der Waals surface area contributed by atoms with Gasteiger partial charge >= 0.3 is 0 Å². The fourth-order valence-electron chi connectivity index (χ4n) is 3.18. The predicted molar refractivity (Wildman–Crippen MR) is 115 cm³/mol. The van der Waals surface area contributed by atoms with Gasteiger partial charge < -0.3 is 15.1 Å². The van der Waals surface area contributed by atoms with Crippen LogP contribution in [0, 0.1) is 5.92 Å². The molecular weight excluding hydrogens is 427 g/mol. The highest BCUT2D eigenvalue weighted by molar-refractivity contribution is 14.0. The summed E-state index contributed by atoms with van der Waals surface area (Å²) >= 11 is 0. The van der Waals surface area contributed by atoms with Gasteiger partial charge in [-0.25, -0.2) is 4.98 Å². The normalized spacial score (nSPS) is 15.9. The Labute approximate surface area is 169 Å². The zero-order valence-electron chi connectivity index (χ0n) is 16.2. The third-order valence-electron chi connectivity index (χ3n) is 4.73. The molecule has 1 aliphatic carbocycles. The summed E-state index contributed by atoms with van der Waals surface area (Å²) in [7, 11) is 1.80. The van der Waals surface area contributed by atoms with Gasteiger partial charge in [0.1, 0.15) is 5.76 Å². The summed E-state index contributed by atoms with van der Waals surface area (Å²) in [6, 6.07) is 0. The molecule has 1 heterocycles. The summed E-state index contributed by atoms with van der Waals surface area (Å²) in [6.45, 7) is 7.88. The van der Waals surface area contributed by atoms with Gasteiger partial charge in [-0.05, 0) is 12.3 Å². The van der Waals surface area contributed by atoms with Crippen molar-refractivity contribution in [1.29, 1.82) is 0 Å². The summed E-state index contributed by atoms with van der Waals surface area (Å²) in [6.07, 6.45) is 11.5. The predicted octanol–water partition coefficient (Wildman–Crippen LogP) is 4.62. The van der Waals surface area contributed by atoms with Crippen LogP contribution < -0.4 is 10.6 Å². The number of aromatic nitrogens is 1. The van der Waals surface area contributed by atoms with Crippen molar-refractivity contribution < 1.29 is 4.42 Å². The van der Waals surface area contributed by atoms with E-state index in [1.165, 1.54) is 44.9 Å². The molecule has 0 atom stereocenters. The molecule has 0 spiro atoms. The van der Waals surface area contributed by atoms with Crippen molar-refractivity contribution in [2.75, 3.05) is 13.6 Å². The van der Waals surface area contributed by atoms with E-state index in [-0.39, 0.29) is 29.4 Å². The Kier molecular flexibility index (Phi) is 9.82. The highest BCUT2D eigenvalue weighted by Crippen LogP contribution is 2.28. The van der Waals surface area contributed by atoms with E-state index in [4.69, 9.17) is 4.42 Å². The van der Waals surface area contributed by atoms with Crippen molar-refractivity contribution in [3.63, 3.8) is 0 Å².